The Morgan fingerprint density at radius 3 is 2.63 bits per heavy atom. The minimum Gasteiger partial charge on any atom is -0.344 e. The Bertz CT molecular complexity index is 730. The molecular weight excluding hydrogens is 346 g/mol. The van der Waals surface area contributed by atoms with Gasteiger partial charge in [-0.05, 0) is 17.9 Å². The summed E-state index contributed by atoms with van der Waals surface area (Å²) in [6.07, 6.45) is 1.34. The highest BCUT2D eigenvalue weighted by molar-refractivity contribution is 5.89. The van der Waals surface area contributed by atoms with Crippen LogP contribution < -0.4 is 10.6 Å². The number of nitrogens with zero attached hydrogens (tertiary/aromatic N) is 3. The van der Waals surface area contributed by atoms with Gasteiger partial charge in [0, 0.05) is 33.1 Å². The van der Waals surface area contributed by atoms with Crippen LogP contribution in [-0.4, -0.2) is 47.1 Å². The third kappa shape index (κ3) is 7.08. The van der Waals surface area contributed by atoms with E-state index >= 15 is 0 Å². The first-order chi connectivity index (χ1) is 13.0. The van der Waals surface area contributed by atoms with Gasteiger partial charge in [0.05, 0.1) is 0 Å². The molecule has 8 nitrogen and oxygen atoms in total. The number of carbonyl (C=O) groups excluding carboxylic acids is 2. The van der Waals surface area contributed by atoms with Crippen LogP contribution >= 0.6 is 0 Å². The predicted octanol–water partition coefficient (Wildman–Crippen LogP) is 2.23. The van der Waals surface area contributed by atoms with Crippen molar-refractivity contribution in [3.05, 3.63) is 47.6 Å². The molecule has 1 aromatic carbocycles. The van der Waals surface area contributed by atoms with Gasteiger partial charge >= 0.3 is 17.8 Å². The molecule has 0 saturated heterocycles. The van der Waals surface area contributed by atoms with Gasteiger partial charge in [-0.25, -0.2) is 4.79 Å². The summed E-state index contributed by atoms with van der Waals surface area (Å²) in [5, 5.41) is 9.40. The van der Waals surface area contributed by atoms with Gasteiger partial charge in [0.2, 0.25) is 0 Å². The molecule has 0 aliphatic rings. The fourth-order valence-corrected chi connectivity index (χ4v) is 2.27. The van der Waals surface area contributed by atoms with Crippen molar-refractivity contribution in [2.75, 3.05) is 20.1 Å². The Labute approximate surface area is 159 Å². The molecule has 0 aliphatic heterocycles. The number of benzene rings is 1. The Hall–Kier alpha value is -2.90. The van der Waals surface area contributed by atoms with E-state index in [4.69, 9.17) is 4.52 Å². The maximum Gasteiger partial charge on any atom is 0.317 e. The molecule has 0 fully saturated rings. The number of hydrogen-bond acceptors (Lipinski definition) is 5. The lowest BCUT2D eigenvalue weighted by atomic mass is 10.1. The quantitative estimate of drug-likeness (QED) is 0.702. The first-order valence-corrected chi connectivity index (χ1v) is 9.09. The molecule has 0 bridgehead atoms. The number of hydrogen-bond donors (Lipinski definition) is 2. The number of nitrogens with one attached hydrogen (secondary N) is 2. The Morgan fingerprint density at radius 2 is 1.93 bits per heavy atom. The van der Waals surface area contributed by atoms with Crippen molar-refractivity contribution in [2.24, 2.45) is 5.92 Å². The second kappa shape index (κ2) is 10.3. The molecule has 146 valence electrons. The van der Waals surface area contributed by atoms with Gasteiger partial charge in [0.25, 0.3) is 0 Å². The van der Waals surface area contributed by atoms with Gasteiger partial charge in [0.1, 0.15) is 0 Å². The molecule has 8 heteroatoms. The molecule has 2 N–H and O–H groups in total. The summed E-state index contributed by atoms with van der Waals surface area (Å²) in [5.41, 5.74) is 0.982. The van der Waals surface area contributed by atoms with Crippen molar-refractivity contribution in [3.63, 3.8) is 0 Å². The maximum atomic E-state index is 12.1. The Morgan fingerprint density at radius 1 is 1.19 bits per heavy atom. The first-order valence-electron chi connectivity index (χ1n) is 9.09. The van der Waals surface area contributed by atoms with E-state index in [0.29, 0.717) is 37.8 Å². The molecule has 27 heavy (non-hydrogen) atoms. The number of carbonyl (C=O) groups is 2. The summed E-state index contributed by atoms with van der Waals surface area (Å²) in [6.45, 7) is 5.68. The summed E-state index contributed by atoms with van der Waals surface area (Å²) >= 11 is 0. The van der Waals surface area contributed by atoms with Gasteiger partial charge in [-0.3, -0.25) is 4.79 Å². The van der Waals surface area contributed by atoms with E-state index in [-0.39, 0.29) is 11.9 Å². The van der Waals surface area contributed by atoms with E-state index in [1.807, 2.05) is 30.3 Å². The molecule has 0 radical (unpaired) electrons. The zero-order valence-electron chi connectivity index (χ0n) is 16.1. The van der Waals surface area contributed by atoms with Crippen LogP contribution in [0.15, 0.2) is 34.9 Å². The van der Waals surface area contributed by atoms with Crippen molar-refractivity contribution in [3.8, 4) is 0 Å². The van der Waals surface area contributed by atoms with E-state index in [9.17, 15) is 9.59 Å². The highest BCUT2D eigenvalue weighted by Crippen LogP contribution is 2.02. The normalized spacial score (nSPS) is 10.7. The molecule has 1 aromatic heterocycles. The standard InChI is InChI=1S/C19H27N5O3/c1-14(2)9-11-20-19(26)24(3)12-10-16-22-18(27-23-16)17(25)21-13-15-7-5-4-6-8-15/h4-8,14H,9-13H2,1-3H3,(H,20,26)(H,21,25). The lowest BCUT2D eigenvalue weighted by Crippen LogP contribution is -2.39. The summed E-state index contributed by atoms with van der Waals surface area (Å²) in [4.78, 5) is 29.7. The SMILES string of the molecule is CC(C)CCNC(=O)N(C)CCc1noc(C(=O)NCc2ccccc2)n1. The Balaban J connectivity index is 1.74. The lowest BCUT2D eigenvalue weighted by Gasteiger charge is -2.17. The van der Waals surface area contributed by atoms with Gasteiger partial charge in [0.15, 0.2) is 5.82 Å². The zero-order valence-corrected chi connectivity index (χ0v) is 16.1. The number of aromatic nitrogens is 2. The first kappa shape index (κ1) is 20.4. The topological polar surface area (TPSA) is 100 Å². The highest BCUT2D eigenvalue weighted by atomic mass is 16.5. The molecule has 0 spiro atoms. The molecule has 0 saturated carbocycles. The third-order valence-corrected chi connectivity index (χ3v) is 3.97. The smallest absolute Gasteiger partial charge is 0.317 e. The second-order valence-corrected chi connectivity index (χ2v) is 6.77. The van der Waals surface area contributed by atoms with Crippen LogP contribution in [0.5, 0.6) is 0 Å². The molecule has 0 aliphatic carbocycles. The van der Waals surface area contributed by atoms with Crippen LogP contribution in [0.1, 0.15) is 42.3 Å². The molecule has 0 unspecified atom stereocenters. The largest absolute Gasteiger partial charge is 0.344 e. The van der Waals surface area contributed by atoms with Crippen molar-refractivity contribution in [2.45, 2.75) is 33.2 Å². The number of amides is 3. The number of urea groups is 1. The molecule has 2 aromatic rings. The van der Waals surface area contributed by atoms with Gasteiger partial charge in [-0.15, -0.1) is 0 Å². The minimum atomic E-state index is -0.419. The summed E-state index contributed by atoms with van der Waals surface area (Å²) < 4.78 is 5.01. The molecule has 1 heterocycles. The maximum absolute atomic E-state index is 12.1. The lowest BCUT2D eigenvalue weighted by molar-refractivity contribution is 0.0907. The van der Waals surface area contributed by atoms with E-state index in [2.05, 4.69) is 34.6 Å². The van der Waals surface area contributed by atoms with Crippen LogP contribution in [-0.2, 0) is 13.0 Å². The van der Waals surface area contributed by atoms with E-state index in [1.165, 1.54) is 0 Å². The fourth-order valence-electron chi connectivity index (χ4n) is 2.27. The second-order valence-electron chi connectivity index (χ2n) is 6.77. The molecular formula is C19H27N5O3. The minimum absolute atomic E-state index is 0.0787. The van der Waals surface area contributed by atoms with Crippen molar-refractivity contribution >= 4 is 11.9 Å². The van der Waals surface area contributed by atoms with Crippen molar-refractivity contribution in [1.82, 2.24) is 25.7 Å². The van der Waals surface area contributed by atoms with Crippen molar-refractivity contribution < 1.29 is 14.1 Å². The van der Waals surface area contributed by atoms with Crippen LogP contribution in [0.4, 0.5) is 4.79 Å². The van der Waals surface area contributed by atoms with Gasteiger partial charge in [-0.1, -0.05) is 49.3 Å². The average molecular weight is 373 g/mol. The van der Waals surface area contributed by atoms with Gasteiger partial charge < -0.3 is 20.1 Å². The van der Waals surface area contributed by atoms with Gasteiger partial charge in [-0.2, -0.15) is 4.98 Å². The van der Waals surface area contributed by atoms with Crippen LogP contribution in [0.25, 0.3) is 0 Å². The van der Waals surface area contributed by atoms with Crippen LogP contribution in [0, 0.1) is 5.92 Å². The summed E-state index contributed by atoms with van der Waals surface area (Å²) in [6, 6.07) is 9.42. The average Bonchev–Trinajstić information content (AvgIpc) is 3.13. The fraction of sp³-hybridized carbons (Fsp3) is 0.474. The number of likely N-dealkylation sites (N-methyl/N-ethyl adjacent to an activating group) is 1. The summed E-state index contributed by atoms with van der Waals surface area (Å²) in [5.74, 6) is 0.436. The Kier molecular flexibility index (Phi) is 7.79. The third-order valence-electron chi connectivity index (χ3n) is 3.97. The molecule has 0 atom stereocenters. The van der Waals surface area contributed by atoms with Crippen molar-refractivity contribution in [1.29, 1.82) is 0 Å². The van der Waals surface area contributed by atoms with E-state index in [0.717, 1.165) is 12.0 Å². The monoisotopic (exact) mass is 373 g/mol. The zero-order chi connectivity index (χ0) is 19.6. The predicted molar refractivity (Wildman–Crippen MR) is 101 cm³/mol. The van der Waals surface area contributed by atoms with Crippen LogP contribution in [0.2, 0.25) is 0 Å². The van der Waals surface area contributed by atoms with E-state index < -0.39 is 5.91 Å². The highest BCUT2D eigenvalue weighted by Gasteiger charge is 2.16. The van der Waals surface area contributed by atoms with E-state index in [1.54, 1.807) is 11.9 Å². The summed E-state index contributed by atoms with van der Waals surface area (Å²) in [7, 11) is 1.71. The van der Waals surface area contributed by atoms with Crippen LogP contribution in [0.3, 0.4) is 0 Å². The number of rotatable bonds is 9. The molecule has 2 rings (SSSR count). The molecule has 3 amide bonds.